The van der Waals surface area contributed by atoms with Crippen LogP contribution in [0.15, 0.2) is 42.5 Å². The summed E-state index contributed by atoms with van der Waals surface area (Å²) >= 11 is -0.351. The van der Waals surface area contributed by atoms with Crippen molar-refractivity contribution in [2.45, 2.75) is 54.8 Å². The summed E-state index contributed by atoms with van der Waals surface area (Å²) in [5.41, 5.74) is 3.97. The van der Waals surface area contributed by atoms with Crippen LogP contribution in [-0.4, -0.2) is 12.6 Å². The molecule has 2 rings (SSSR count). The van der Waals surface area contributed by atoms with E-state index in [0.29, 0.717) is 11.6 Å². The summed E-state index contributed by atoms with van der Waals surface area (Å²) in [6.45, 7) is 8.90. The van der Waals surface area contributed by atoms with Gasteiger partial charge in [-0.05, 0) is 0 Å². The van der Waals surface area contributed by atoms with Crippen molar-refractivity contribution in [2.24, 2.45) is 0 Å². The van der Waals surface area contributed by atoms with Gasteiger partial charge in [0.15, 0.2) is 0 Å². The number of para-hydroxylation sites is 1. The molecule has 0 spiro atoms. The second-order valence-electron chi connectivity index (χ2n) is 6.58. The van der Waals surface area contributed by atoms with Crippen molar-refractivity contribution in [3.63, 3.8) is 0 Å². The molecule has 0 aliphatic carbocycles. The zero-order valence-corrected chi connectivity index (χ0v) is 21.2. The van der Waals surface area contributed by atoms with Gasteiger partial charge in [-0.2, -0.15) is 0 Å². The number of carbonyl (C=O) groups excluding carboxylic acids is 1. The number of rotatable bonds is 10. The standard InChI is InChI=1S/C23H30I2O2/c1-6-19-20(21(7-2)25-17(4)15-22(26)24-5)14-13-16(3)23(19)27-18-11-9-8-10-12-18/h8-14,17,21H,6-7,15H2,1-5H3/q-2. The third-order valence-corrected chi connectivity index (χ3v) is 10.3. The van der Waals surface area contributed by atoms with Crippen LogP contribution in [0.25, 0.3) is 0 Å². The summed E-state index contributed by atoms with van der Waals surface area (Å²) in [5, 5.41) is 0. The van der Waals surface area contributed by atoms with Crippen LogP contribution in [0.2, 0.25) is 0 Å². The molecule has 0 bridgehead atoms. The Bertz CT molecular complexity index is 744. The predicted molar refractivity (Wildman–Crippen MR) is 105 cm³/mol. The number of halogens is 2. The van der Waals surface area contributed by atoms with Crippen LogP contribution < -0.4 is 47.1 Å². The van der Waals surface area contributed by atoms with Gasteiger partial charge in [0.2, 0.25) is 0 Å². The molecule has 4 heteroatoms. The van der Waals surface area contributed by atoms with E-state index in [-0.39, 0.29) is 42.4 Å². The van der Waals surface area contributed by atoms with E-state index in [9.17, 15) is 4.79 Å². The van der Waals surface area contributed by atoms with Crippen molar-refractivity contribution < 1.29 is 51.9 Å². The maximum atomic E-state index is 11.9. The summed E-state index contributed by atoms with van der Waals surface area (Å²) in [6.07, 6.45) is 2.88. The molecule has 0 aromatic heterocycles. The van der Waals surface area contributed by atoms with Crippen LogP contribution in [-0.2, 0) is 11.2 Å². The van der Waals surface area contributed by atoms with E-state index in [4.69, 9.17) is 4.74 Å². The first-order valence-electron chi connectivity index (χ1n) is 9.49. The van der Waals surface area contributed by atoms with Crippen molar-refractivity contribution in [3.05, 3.63) is 59.2 Å². The number of hydrogen-bond donors (Lipinski definition) is 0. The van der Waals surface area contributed by atoms with Crippen LogP contribution in [0, 0.1) is 6.92 Å². The van der Waals surface area contributed by atoms with Gasteiger partial charge in [-0.25, -0.2) is 0 Å². The van der Waals surface area contributed by atoms with Gasteiger partial charge >= 0.3 is 186 Å². The van der Waals surface area contributed by atoms with Gasteiger partial charge in [-0.3, -0.25) is 0 Å². The van der Waals surface area contributed by atoms with E-state index >= 15 is 0 Å². The molecule has 0 N–H and O–H groups in total. The first-order chi connectivity index (χ1) is 13.0. The number of ether oxygens (including phenoxy) is 1. The molecule has 2 nitrogen and oxygen atoms in total. The van der Waals surface area contributed by atoms with Gasteiger partial charge < -0.3 is 0 Å². The molecule has 150 valence electrons. The first kappa shape index (κ1) is 22.7. The fraction of sp³-hybridized carbons (Fsp3) is 0.435. The van der Waals surface area contributed by atoms with E-state index in [1.54, 1.807) is 0 Å². The fourth-order valence-corrected chi connectivity index (χ4v) is 8.71. The number of hydrogen-bond acceptors (Lipinski definition) is 2. The number of carbonyl (C=O) groups is 1. The molecule has 2 aromatic carbocycles. The molecule has 0 saturated carbocycles. The summed E-state index contributed by atoms with van der Waals surface area (Å²) < 4.78 is 7.94. The summed E-state index contributed by atoms with van der Waals surface area (Å²) in [6, 6.07) is 14.6. The Kier molecular flexibility index (Phi) is 9.56. The van der Waals surface area contributed by atoms with E-state index in [0.717, 1.165) is 30.8 Å². The van der Waals surface area contributed by atoms with Gasteiger partial charge in [0, 0.05) is 0 Å². The van der Waals surface area contributed by atoms with Gasteiger partial charge in [0.1, 0.15) is 0 Å². The Labute approximate surface area is 185 Å². The van der Waals surface area contributed by atoms with Gasteiger partial charge in [-0.1, -0.05) is 0 Å². The average Bonchev–Trinajstić information content (AvgIpc) is 2.68. The van der Waals surface area contributed by atoms with Crippen molar-refractivity contribution in [1.82, 2.24) is 0 Å². The summed E-state index contributed by atoms with van der Waals surface area (Å²) in [4.78, 5) is 14.0. The van der Waals surface area contributed by atoms with E-state index in [1.165, 1.54) is 16.7 Å². The quantitative estimate of drug-likeness (QED) is 0.219. The number of aryl methyl sites for hydroxylation is 1. The minimum atomic E-state index is -0.264. The van der Waals surface area contributed by atoms with Crippen LogP contribution >= 0.6 is 0 Å². The second kappa shape index (κ2) is 11.4. The molecule has 0 aliphatic rings. The summed E-state index contributed by atoms with van der Waals surface area (Å²) in [5.74, 6) is 1.91. The molecular formula is C23H30I2O2-2. The van der Waals surface area contributed by atoms with Crippen LogP contribution in [0.3, 0.4) is 0 Å². The van der Waals surface area contributed by atoms with Gasteiger partial charge in [0.05, 0.1) is 0 Å². The zero-order valence-electron chi connectivity index (χ0n) is 16.9. The molecule has 0 fully saturated rings. The molecule has 2 unspecified atom stereocenters. The third kappa shape index (κ3) is 6.44. The Morgan fingerprint density at radius 3 is 2.41 bits per heavy atom. The van der Waals surface area contributed by atoms with Crippen molar-refractivity contribution >= 4 is 3.79 Å². The maximum absolute atomic E-state index is 11.9. The molecule has 0 aliphatic heterocycles. The van der Waals surface area contributed by atoms with Gasteiger partial charge in [-0.15, -0.1) is 0 Å². The molecule has 0 saturated heterocycles. The van der Waals surface area contributed by atoms with E-state index in [1.807, 2.05) is 30.3 Å². The zero-order chi connectivity index (χ0) is 19.8. The SMILES string of the molecule is CCc1c(C(CC)[I-]C(C)CC(=O)[I-]C)ccc(C)c1Oc1ccccc1. The third-order valence-electron chi connectivity index (χ3n) is 4.53. The molecule has 27 heavy (non-hydrogen) atoms. The molecule has 2 atom stereocenters. The molecule has 0 radical (unpaired) electrons. The number of benzene rings is 2. The normalized spacial score (nSPS) is 13.5. The summed E-state index contributed by atoms with van der Waals surface area (Å²) in [7, 11) is 0. The van der Waals surface area contributed by atoms with E-state index in [2.05, 4.69) is 44.8 Å². The Morgan fingerprint density at radius 1 is 1.11 bits per heavy atom. The Hall–Kier alpha value is -0.630. The minimum absolute atomic E-state index is 0.0871. The number of alkyl halides is 3. The van der Waals surface area contributed by atoms with Gasteiger partial charge in [0.25, 0.3) is 0 Å². The first-order valence-corrected chi connectivity index (χ1v) is 15.2. The second-order valence-corrected chi connectivity index (χ2v) is 13.2. The molecular weight excluding hydrogens is 562 g/mol. The Morgan fingerprint density at radius 2 is 1.81 bits per heavy atom. The predicted octanol–water partition coefficient (Wildman–Crippen LogP) is -0.0862. The van der Waals surface area contributed by atoms with Crippen LogP contribution in [0.1, 0.15) is 54.2 Å². The monoisotopic (exact) mass is 592 g/mol. The topological polar surface area (TPSA) is 26.3 Å². The van der Waals surface area contributed by atoms with Crippen molar-refractivity contribution in [2.75, 3.05) is 4.93 Å². The molecule has 0 heterocycles. The van der Waals surface area contributed by atoms with Crippen molar-refractivity contribution in [3.8, 4) is 11.5 Å². The van der Waals surface area contributed by atoms with Crippen LogP contribution in [0.5, 0.6) is 11.5 Å². The Balaban J connectivity index is 2.31. The molecule has 0 amide bonds. The van der Waals surface area contributed by atoms with Crippen molar-refractivity contribution in [1.29, 1.82) is 0 Å². The van der Waals surface area contributed by atoms with E-state index < -0.39 is 0 Å². The molecule has 2 aromatic rings. The van der Waals surface area contributed by atoms with Crippen LogP contribution in [0.4, 0.5) is 0 Å². The fourth-order valence-electron chi connectivity index (χ4n) is 3.15. The average molecular weight is 592 g/mol.